The zero-order valence-corrected chi connectivity index (χ0v) is 10.6. The minimum atomic E-state index is -0.741. The number of carbonyl (C=O) groups excluding carboxylic acids is 1. The molecule has 3 nitrogen and oxygen atoms in total. The fourth-order valence-corrected chi connectivity index (χ4v) is 2.28. The Kier molecular flexibility index (Phi) is 4.35. The van der Waals surface area contributed by atoms with Crippen LogP contribution in [0.25, 0.3) is 0 Å². The van der Waals surface area contributed by atoms with Crippen LogP contribution in [0.1, 0.15) is 52.4 Å². The predicted octanol–water partition coefficient (Wildman–Crippen LogP) is 2.72. The van der Waals surface area contributed by atoms with Gasteiger partial charge >= 0.3 is 0 Å². The van der Waals surface area contributed by atoms with Crippen LogP contribution in [0.4, 0.5) is 0 Å². The lowest BCUT2D eigenvalue weighted by Crippen LogP contribution is -2.44. The van der Waals surface area contributed by atoms with E-state index in [1.165, 1.54) is 0 Å². The second-order valence-electron chi connectivity index (χ2n) is 5.12. The number of amides is 1. The fraction of sp³-hybridized carbons (Fsp3) is 0.846. The average molecular weight is 222 g/mol. The number of rotatable bonds is 2. The van der Waals surface area contributed by atoms with Crippen molar-refractivity contribution in [3.05, 3.63) is 0 Å². The molecule has 0 aliphatic heterocycles. The highest BCUT2D eigenvalue weighted by atomic mass is 16.2. The van der Waals surface area contributed by atoms with E-state index in [0.29, 0.717) is 0 Å². The summed E-state index contributed by atoms with van der Waals surface area (Å²) >= 11 is 0. The van der Waals surface area contributed by atoms with Gasteiger partial charge in [0.1, 0.15) is 5.41 Å². The van der Waals surface area contributed by atoms with E-state index in [1.54, 1.807) is 11.9 Å². The summed E-state index contributed by atoms with van der Waals surface area (Å²) in [7, 11) is 1.80. The monoisotopic (exact) mass is 222 g/mol. The van der Waals surface area contributed by atoms with Crippen LogP contribution in [0.3, 0.4) is 0 Å². The maximum absolute atomic E-state index is 12.3. The number of nitrogens with zero attached hydrogens (tertiary/aromatic N) is 2. The largest absolute Gasteiger partial charge is 0.342 e. The van der Waals surface area contributed by atoms with Crippen LogP contribution >= 0.6 is 0 Å². The molecule has 0 saturated heterocycles. The van der Waals surface area contributed by atoms with Gasteiger partial charge in [-0.3, -0.25) is 4.79 Å². The van der Waals surface area contributed by atoms with Gasteiger partial charge in [-0.05, 0) is 26.7 Å². The van der Waals surface area contributed by atoms with E-state index in [1.807, 2.05) is 13.8 Å². The van der Waals surface area contributed by atoms with Crippen molar-refractivity contribution in [2.45, 2.75) is 58.4 Å². The molecule has 1 amide bonds. The summed E-state index contributed by atoms with van der Waals surface area (Å²) in [6, 6.07) is 2.47. The van der Waals surface area contributed by atoms with Crippen LogP contribution in [0, 0.1) is 16.7 Å². The lowest BCUT2D eigenvalue weighted by molar-refractivity contribution is -0.139. The zero-order valence-electron chi connectivity index (χ0n) is 10.6. The molecule has 0 spiro atoms. The molecule has 0 bridgehead atoms. The molecular formula is C13H22N2O. The van der Waals surface area contributed by atoms with Crippen LogP contribution in [0.5, 0.6) is 0 Å². The quantitative estimate of drug-likeness (QED) is 0.674. The highest BCUT2D eigenvalue weighted by Gasteiger charge is 2.41. The summed E-state index contributed by atoms with van der Waals surface area (Å²) in [6.07, 6.45) is 5.79. The Bertz CT molecular complexity index is 283. The van der Waals surface area contributed by atoms with Crippen molar-refractivity contribution in [2.75, 3.05) is 7.05 Å². The molecule has 0 aromatic heterocycles. The van der Waals surface area contributed by atoms with Gasteiger partial charge in [-0.1, -0.05) is 25.7 Å². The van der Waals surface area contributed by atoms with Crippen molar-refractivity contribution in [3.63, 3.8) is 0 Å². The molecule has 16 heavy (non-hydrogen) atoms. The maximum atomic E-state index is 12.3. The average Bonchev–Trinajstić information content (AvgIpc) is 2.53. The van der Waals surface area contributed by atoms with Crippen molar-refractivity contribution < 1.29 is 4.79 Å². The zero-order chi connectivity index (χ0) is 12.2. The first kappa shape index (κ1) is 13.0. The Hall–Kier alpha value is -1.04. The standard InChI is InChI=1S/C13H22N2O/c1-11(2)15(3)12(16)13(10-14)8-6-4-5-7-9-13/h11H,4-9H2,1-3H3. The highest BCUT2D eigenvalue weighted by molar-refractivity contribution is 5.85. The predicted molar refractivity (Wildman–Crippen MR) is 63.7 cm³/mol. The Morgan fingerprint density at radius 2 is 1.75 bits per heavy atom. The SMILES string of the molecule is CC(C)N(C)C(=O)C1(C#N)CCCCCC1. The van der Waals surface area contributed by atoms with Crippen molar-refractivity contribution in [3.8, 4) is 6.07 Å². The molecule has 0 N–H and O–H groups in total. The van der Waals surface area contributed by atoms with Gasteiger partial charge in [0, 0.05) is 13.1 Å². The third-order valence-corrected chi connectivity index (χ3v) is 3.68. The first-order valence-corrected chi connectivity index (χ1v) is 6.22. The van der Waals surface area contributed by atoms with Gasteiger partial charge in [-0.2, -0.15) is 5.26 Å². The first-order valence-electron chi connectivity index (χ1n) is 6.22. The molecule has 0 aromatic rings. The molecule has 0 heterocycles. The van der Waals surface area contributed by atoms with E-state index in [4.69, 9.17) is 0 Å². The maximum Gasteiger partial charge on any atom is 0.243 e. The molecule has 1 fully saturated rings. The summed E-state index contributed by atoms with van der Waals surface area (Å²) in [6.45, 7) is 3.97. The lowest BCUT2D eigenvalue weighted by Gasteiger charge is -2.31. The molecular weight excluding hydrogens is 200 g/mol. The molecule has 1 rings (SSSR count). The minimum absolute atomic E-state index is 0.0203. The smallest absolute Gasteiger partial charge is 0.243 e. The Balaban J connectivity index is 2.86. The summed E-state index contributed by atoms with van der Waals surface area (Å²) in [4.78, 5) is 14.1. The van der Waals surface area contributed by atoms with E-state index in [-0.39, 0.29) is 11.9 Å². The van der Waals surface area contributed by atoms with E-state index in [9.17, 15) is 10.1 Å². The molecule has 3 heteroatoms. The second-order valence-corrected chi connectivity index (χ2v) is 5.12. The molecule has 90 valence electrons. The van der Waals surface area contributed by atoms with Crippen LogP contribution < -0.4 is 0 Å². The van der Waals surface area contributed by atoms with Crippen LogP contribution in [0.2, 0.25) is 0 Å². The molecule has 1 saturated carbocycles. The topological polar surface area (TPSA) is 44.1 Å². The Labute approximate surface area is 98.4 Å². The summed E-state index contributed by atoms with van der Waals surface area (Å²) in [5, 5.41) is 9.37. The lowest BCUT2D eigenvalue weighted by atomic mass is 9.80. The normalized spacial score (nSPS) is 19.9. The number of hydrogen-bond acceptors (Lipinski definition) is 2. The molecule has 0 unspecified atom stereocenters. The summed E-state index contributed by atoms with van der Waals surface area (Å²) < 4.78 is 0. The molecule has 0 atom stereocenters. The van der Waals surface area contributed by atoms with E-state index in [0.717, 1.165) is 38.5 Å². The van der Waals surface area contributed by atoms with Crippen molar-refractivity contribution in [1.82, 2.24) is 4.90 Å². The molecule has 0 radical (unpaired) electrons. The Morgan fingerprint density at radius 1 is 1.25 bits per heavy atom. The molecule has 1 aliphatic rings. The number of carbonyl (C=O) groups is 1. The molecule has 1 aliphatic carbocycles. The second kappa shape index (κ2) is 5.34. The van der Waals surface area contributed by atoms with Crippen LogP contribution in [-0.4, -0.2) is 23.9 Å². The van der Waals surface area contributed by atoms with Gasteiger partial charge < -0.3 is 4.90 Å². The summed E-state index contributed by atoms with van der Waals surface area (Å²) in [5.41, 5.74) is -0.741. The van der Waals surface area contributed by atoms with Gasteiger partial charge in [0.25, 0.3) is 0 Å². The van der Waals surface area contributed by atoms with Gasteiger partial charge in [-0.15, -0.1) is 0 Å². The van der Waals surface area contributed by atoms with Gasteiger partial charge in [0.15, 0.2) is 0 Å². The van der Waals surface area contributed by atoms with Crippen molar-refractivity contribution in [2.24, 2.45) is 5.41 Å². The van der Waals surface area contributed by atoms with E-state index in [2.05, 4.69) is 6.07 Å². The highest BCUT2D eigenvalue weighted by Crippen LogP contribution is 2.36. The summed E-state index contributed by atoms with van der Waals surface area (Å²) in [5.74, 6) is 0.0203. The van der Waals surface area contributed by atoms with Crippen molar-refractivity contribution in [1.29, 1.82) is 5.26 Å². The van der Waals surface area contributed by atoms with Crippen molar-refractivity contribution >= 4 is 5.91 Å². The van der Waals surface area contributed by atoms with Gasteiger partial charge in [0.2, 0.25) is 5.91 Å². The first-order chi connectivity index (χ1) is 7.53. The number of hydrogen-bond donors (Lipinski definition) is 0. The third-order valence-electron chi connectivity index (χ3n) is 3.68. The van der Waals surface area contributed by atoms with Crippen LogP contribution in [-0.2, 0) is 4.79 Å². The van der Waals surface area contributed by atoms with Gasteiger partial charge in [0.05, 0.1) is 6.07 Å². The van der Waals surface area contributed by atoms with Crippen LogP contribution in [0.15, 0.2) is 0 Å². The molecule has 0 aromatic carbocycles. The fourth-order valence-electron chi connectivity index (χ4n) is 2.28. The van der Waals surface area contributed by atoms with E-state index < -0.39 is 5.41 Å². The van der Waals surface area contributed by atoms with Gasteiger partial charge in [-0.25, -0.2) is 0 Å². The minimum Gasteiger partial charge on any atom is -0.342 e. The number of nitriles is 1. The third kappa shape index (κ3) is 2.55. The van der Waals surface area contributed by atoms with E-state index >= 15 is 0 Å². The Morgan fingerprint density at radius 3 is 2.12 bits per heavy atom.